The Hall–Kier alpha value is -3.49. The highest BCUT2D eigenvalue weighted by molar-refractivity contribution is 7.90. The second kappa shape index (κ2) is 11.9. The second-order valence-corrected chi connectivity index (χ2v) is 14.8. The lowest BCUT2D eigenvalue weighted by Crippen LogP contribution is -2.46. The lowest BCUT2D eigenvalue weighted by molar-refractivity contribution is -0.139. The van der Waals surface area contributed by atoms with E-state index in [0.717, 1.165) is 75.2 Å². The summed E-state index contributed by atoms with van der Waals surface area (Å²) in [6.07, 6.45) is 3.78. The quantitative estimate of drug-likeness (QED) is 0.391. The number of amides is 2. The maximum Gasteiger partial charge on any atom is 0.254 e. The van der Waals surface area contributed by atoms with Gasteiger partial charge in [-0.05, 0) is 80.1 Å². The van der Waals surface area contributed by atoms with Gasteiger partial charge in [0.1, 0.15) is 0 Å². The number of nitrogens with zero attached hydrogens (tertiary/aromatic N) is 3. The molecule has 3 fully saturated rings. The van der Waals surface area contributed by atoms with Crippen molar-refractivity contribution in [2.75, 3.05) is 45.5 Å². The molecular weight excluding hydrogens is 558 g/mol. The van der Waals surface area contributed by atoms with Gasteiger partial charge in [0.15, 0.2) is 9.84 Å². The molecule has 7 nitrogen and oxygen atoms in total. The number of hydrogen-bond acceptors (Lipinski definition) is 5. The average Bonchev–Trinajstić information content (AvgIpc) is 3.56. The van der Waals surface area contributed by atoms with Gasteiger partial charge < -0.3 is 14.7 Å². The Morgan fingerprint density at radius 3 is 2.19 bits per heavy atom. The summed E-state index contributed by atoms with van der Waals surface area (Å²) in [5.41, 5.74) is 3.73. The number of aryl methyl sites for hydroxylation is 1. The van der Waals surface area contributed by atoms with E-state index in [4.69, 9.17) is 0 Å². The van der Waals surface area contributed by atoms with Crippen molar-refractivity contribution in [3.63, 3.8) is 0 Å². The highest BCUT2D eigenvalue weighted by Crippen LogP contribution is 2.43. The highest BCUT2D eigenvalue weighted by atomic mass is 32.2. The molecule has 0 saturated carbocycles. The summed E-state index contributed by atoms with van der Waals surface area (Å²) in [5.74, 6) is 0.956. The Morgan fingerprint density at radius 2 is 1.51 bits per heavy atom. The van der Waals surface area contributed by atoms with Crippen molar-refractivity contribution in [1.82, 2.24) is 14.7 Å². The molecule has 0 N–H and O–H groups in total. The Labute approximate surface area is 255 Å². The van der Waals surface area contributed by atoms with E-state index < -0.39 is 9.84 Å². The molecule has 8 heteroatoms. The summed E-state index contributed by atoms with van der Waals surface area (Å²) >= 11 is 0. The van der Waals surface area contributed by atoms with E-state index in [1.165, 1.54) is 11.8 Å². The van der Waals surface area contributed by atoms with Crippen LogP contribution in [-0.2, 0) is 21.2 Å². The number of sulfone groups is 1. The number of hydrogen-bond donors (Lipinski definition) is 0. The third kappa shape index (κ3) is 6.13. The van der Waals surface area contributed by atoms with E-state index in [1.807, 2.05) is 59.2 Å². The molecule has 2 amide bonds. The third-order valence-electron chi connectivity index (χ3n) is 9.96. The molecule has 3 aliphatic rings. The predicted molar refractivity (Wildman–Crippen MR) is 167 cm³/mol. The van der Waals surface area contributed by atoms with E-state index in [-0.39, 0.29) is 23.1 Å². The molecule has 0 aliphatic carbocycles. The summed E-state index contributed by atoms with van der Waals surface area (Å²) < 4.78 is 23.6. The van der Waals surface area contributed by atoms with Crippen LogP contribution in [-0.4, -0.2) is 80.5 Å². The van der Waals surface area contributed by atoms with Crippen LogP contribution < -0.4 is 0 Å². The van der Waals surface area contributed by atoms with Gasteiger partial charge in [0.05, 0.1) is 10.3 Å². The summed E-state index contributed by atoms with van der Waals surface area (Å²) in [6, 6.07) is 25.3. The molecule has 1 unspecified atom stereocenters. The SMILES string of the molecule is Cc1ccccc1C(=O)N1CC(c2ccccc2)[C@@H](CN2CCC3(CC2)CCN(Cc2ccc(S(C)(=O)=O)cc2)C3=O)C1. The minimum atomic E-state index is -3.24. The molecular formula is C35H41N3O4S. The number of carbonyl (C=O) groups excluding carboxylic acids is 2. The van der Waals surface area contributed by atoms with E-state index >= 15 is 0 Å². The maximum absolute atomic E-state index is 13.6. The molecule has 1 spiro atoms. The Morgan fingerprint density at radius 1 is 0.860 bits per heavy atom. The fourth-order valence-corrected chi connectivity index (χ4v) is 7.98. The number of carbonyl (C=O) groups is 2. The number of piperidine rings is 1. The number of rotatable bonds is 7. The van der Waals surface area contributed by atoms with Crippen LogP contribution in [0.15, 0.2) is 83.8 Å². The lowest BCUT2D eigenvalue weighted by atomic mass is 9.76. The molecule has 3 heterocycles. The third-order valence-corrected chi connectivity index (χ3v) is 11.1. The first-order valence-electron chi connectivity index (χ1n) is 15.3. The monoisotopic (exact) mass is 599 g/mol. The highest BCUT2D eigenvalue weighted by Gasteiger charge is 2.48. The number of benzene rings is 3. The van der Waals surface area contributed by atoms with Crippen LogP contribution >= 0.6 is 0 Å². The molecule has 0 bridgehead atoms. The van der Waals surface area contributed by atoms with E-state index in [1.54, 1.807) is 12.1 Å². The van der Waals surface area contributed by atoms with Crippen molar-refractivity contribution in [3.8, 4) is 0 Å². The molecule has 3 aliphatic heterocycles. The fraction of sp³-hybridized carbons (Fsp3) is 0.429. The summed E-state index contributed by atoms with van der Waals surface area (Å²) in [5, 5.41) is 0. The smallest absolute Gasteiger partial charge is 0.254 e. The van der Waals surface area contributed by atoms with Gasteiger partial charge in [-0.25, -0.2) is 8.42 Å². The van der Waals surface area contributed by atoms with E-state index in [2.05, 4.69) is 29.2 Å². The van der Waals surface area contributed by atoms with Crippen LogP contribution in [0.2, 0.25) is 0 Å². The van der Waals surface area contributed by atoms with Crippen molar-refractivity contribution >= 4 is 21.7 Å². The first kappa shape index (κ1) is 29.6. The zero-order valence-corrected chi connectivity index (χ0v) is 25.9. The maximum atomic E-state index is 13.6. The van der Waals surface area contributed by atoms with Crippen molar-refractivity contribution < 1.29 is 18.0 Å². The van der Waals surface area contributed by atoms with Crippen LogP contribution in [0.1, 0.15) is 52.2 Å². The van der Waals surface area contributed by atoms with Crippen LogP contribution in [0.3, 0.4) is 0 Å². The zero-order valence-electron chi connectivity index (χ0n) is 25.1. The summed E-state index contributed by atoms with van der Waals surface area (Å²) in [6.45, 7) is 7.38. The Bertz CT molecular complexity index is 1580. The minimum Gasteiger partial charge on any atom is -0.338 e. The van der Waals surface area contributed by atoms with Crippen LogP contribution in [0.4, 0.5) is 0 Å². The molecule has 3 aromatic rings. The Balaban J connectivity index is 1.09. The fourth-order valence-electron chi connectivity index (χ4n) is 7.35. The first-order valence-corrected chi connectivity index (χ1v) is 17.2. The molecule has 0 aromatic heterocycles. The predicted octanol–water partition coefficient (Wildman–Crippen LogP) is 4.77. The summed E-state index contributed by atoms with van der Waals surface area (Å²) in [7, 11) is -3.24. The van der Waals surface area contributed by atoms with Crippen molar-refractivity contribution in [2.24, 2.45) is 11.3 Å². The van der Waals surface area contributed by atoms with Crippen molar-refractivity contribution in [1.29, 1.82) is 0 Å². The van der Waals surface area contributed by atoms with Gasteiger partial charge in [-0.3, -0.25) is 9.59 Å². The van der Waals surface area contributed by atoms with E-state index in [0.29, 0.717) is 17.4 Å². The van der Waals surface area contributed by atoms with Crippen molar-refractivity contribution in [3.05, 3.63) is 101 Å². The lowest BCUT2D eigenvalue weighted by Gasteiger charge is -2.39. The average molecular weight is 600 g/mol. The molecule has 226 valence electrons. The van der Waals surface area contributed by atoms with Gasteiger partial charge in [-0.1, -0.05) is 60.7 Å². The Kier molecular flexibility index (Phi) is 8.18. The summed E-state index contributed by atoms with van der Waals surface area (Å²) in [4.78, 5) is 34.0. The van der Waals surface area contributed by atoms with Gasteiger partial charge in [0.2, 0.25) is 5.91 Å². The molecule has 3 saturated heterocycles. The van der Waals surface area contributed by atoms with Gasteiger partial charge in [-0.15, -0.1) is 0 Å². The topological polar surface area (TPSA) is 78.0 Å². The van der Waals surface area contributed by atoms with Gasteiger partial charge in [-0.2, -0.15) is 0 Å². The molecule has 3 aromatic carbocycles. The van der Waals surface area contributed by atoms with E-state index in [9.17, 15) is 18.0 Å². The molecule has 2 atom stereocenters. The molecule has 6 rings (SSSR count). The van der Waals surface area contributed by atoms with Gasteiger partial charge >= 0.3 is 0 Å². The van der Waals surface area contributed by atoms with Gasteiger partial charge in [0.25, 0.3) is 5.91 Å². The first-order chi connectivity index (χ1) is 20.6. The molecule has 0 radical (unpaired) electrons. The molecule has 43 heavy (non-hydrogen) atoms. The number of likely N-dealkylation sites (tertiary alicyclic amines) is 3. The second-order valence-electron chi connectivity index (χ2n) is 12.8. The minimum absolute atomic E-state index is 0.113. The largest absolute Gasteiger partial charge is 0.338 e. The normalized spacial score (nSPS) is 22.4. The van der Waals surface area contributed by atoms with Crippen molar-refractivity contribution in [2.45, 2.75) is 43.5 Å². The standard InChI is InChI=1S/C35H41N3O4S/c1-26-8-6-7-11-31(26)33(39)38-24-29(32(25-38)28-9-4-3-5-10-28)23-36-19-16-35(17-20-36)18-21-37(34(35)40)22-27-12-14-30(15-13-27)43(2,41)42/h3-15,29,32H,16-25H2,1-2H3/t29-,32?/m0/s1. The van der Waals surface area contributed by atoms with Crippen LogP contribution in [0, 0.1) is 18.3 Å². The van der Waals surface area contributed by atoms with Gasteiger partial charge in [0, 0.05) is 50.5 Å². The van der Waals surface area contributed by atoms with Crippen LogP contribution in [0.25, 0.3) is 0 Å². The zero-order chi connectivity index (χ0) is 30.2. The van der Waals surface area contributed by atoms with Crippen LogP contribution in [0.5, 0.6) is 0 Å².